The second-order valence-corrected chi connectivity index (χ2v) is 6.33. The molecule has 0 radical (unpaired) electrons. The number of anilines is 1. The van der Waals surface area contributed by atoms with E-state index in [9.17, 15) is 9.18 Å². The van der Waals surface area contributed by atoms with Gasteiger partial charge in [-0.05, 0) is 53.5 Å². The second kappa shape index (κ2) is 7.56. The minimum absolute atomic E-state index is 0.271. The molecule has 2 aromatic heterocycles. The van der Waals surface area contributed by atoms with Crippen LogP contribution in [0.2, 0.25) is 0 Å². The van der Waals surface area contributed by atoms with E-state index in [1.807, 2.05) is 0 Å². The highest BCUT2D eigenvalue weighted by Gasteiger charge is 2.18. The fraction of sp³-hybridized carbons (Fsp3) is 0.188. The number of rotatable bonds is 4. The Balaban J connectivity index is 1.73. The first-order chi connectivity index (χ1) is 12.5. The van der Waals surface area contributed by atoms with Crippen molar-refractivity contribution in [1.29, 1.82) is 0 Å². The molecular weight excluding hydrogens is 405 g/mol. The minimum atomic E-state index is -0.467. The molecule has 0 saturated carbocycles. The number of halogens is 2. The van der Waals surface area contributed by atoms with Crippen molar-refractivity contribution in [2.24, 2.45) is 0 Å². The highest BCUT2D eigenvalue weighted by Crippen LogP contribution is 2.24. The second-order valence-electron chi connectivity index (χ2n) is 5.48. The summed E-state index contributed by atoms with van der Waals surface area (Å²) < 4.78 is 15.2. The first-order valence-electron chi connectivity index (χ1n) is 7.66. The average molecular weight is 420 g/mol. The van der Waals surface area contributed by atoms with Gasteiger partial charge in [0.15, 0.2) is 5.82 Å². The molecule has 0 aliphatic heterocycles. The fourth-order valence-electron chi connectivity index (χ4n) is 2.30. The lowest BCUT2D eigenvalue weighted by Crippen LogP contribution is -2.33. The summed E-state index contributed by atoms with van der Waals surface area (Å²) in [6, 6.07) is 3.62. The molecule has 0 bridgehead atoms. The fourth-order valence-corrected chi connectivity index (χ4v) is 2.64. The number of amides is 2. The number of urea groups is 1. The number of carbonyl (C=O) groups excluding carboxylic acids is 1. The summed E-state index contributed by atoms with van der Waals surface area (Å²) in [4.78, 5) is 24.7. The Hall–Kier alpha value is -2.88. The standard InChI is InChI=1S/C16H15BrFN7O/c1-9-6-12(18)11(17)7-13(9)24-16(26)23-10(2)14-21-8-22-25(14)15-19-4-3-5-20-15/h3-8,10H,1-2H3,(H2,23,24,26)/t10-/m0/s1. The van der Waals surface area contributed by atoms with Gasteiger partial charge >= 0.3 is 6.03 Å². The minimum Gasteiger partial charge on any atom is -0.328 e. The third-order valence-corrected chi connectivity index (χ3v) is 4.17. The number of nitrogens with one attached hydrogen (secondary N) is 2. The van der Waals surface area contributed by atoms with Gasteiger partial charge in [0.25, 0.3) is 5.95 Å². The molecule has 3 aromatic rings. The molecule has 0 saturated heterocycles. The highest BCUT2D eigenvalue weighted by atomic mass is 79.9. The number of hydrogen-bond donors (Lipinski definition) is 2. The third-order valence-electron chi connectivity index (χ3n) is 3.57. The molecule has 2 N–H and O–H groups in total. The van der Waals surface area contributed by atoms with Crippen LogP contribution in [0.3, 0.4) is 0 Å². The molecule has 0 fully saturated rings. The Morgan fingerprint density at radius 1 is 1.27 bits per heavy atom. The Kier molecular flexibility index (Phi) is 5.21. The third kappa shape index (κ3) is 3.85. The van der Waals surface area contributed by atoms with Gasteiger partial charge in [0, 0.05) is 18.1 Å². The number of aryl methyl sites for hydroxylation is 1. The topological polar surface area (TPSA) is 97.6 Å². The zero-order valence-electron chi connectivity index (χ0n) is 13.9. The van der Waals surface area contributed by atoms with Crippen LogP contribution >= 0.6 is 15.9 Å². The van der Waals surface area contributed by atoms with Gasteiger partial charge in [-0.2, -0.15) is 9.78 Å². The van der Waals surface area contributed by atoms with E-state index in [0.717, 1.165) is 0 Å². The summed E-state index contributed by atoms with van der Waals surface area (Å²) in [5.41, 5.74) is 1.10. The van der Waals surface area contributed by atoms with Crippen molar-refractivity contribution in [2.75, 3.05) is 5.32 Å². The van der Waals surface area contributed by atoms with Crippen molar-refractivity contribution in [3.63, 3.8) is 0 Å². The van der Waals surface area contributed by atoms with E-state index < -0.39 is 17.9 Å². The predicted octanol–water partition coefficient (Wildman–Crippen LogP) is 3.15. The lowest BCUT2D eigenvalue weighted by atomic mass is 10.2. The zero-order chi connectivity index (χ0) is 18.7. The maximum absolute atomic E-state index is 13.5. The average Bonchev–Trinajstić information content (AvgIpc) is 3.10. The number of benzene rings is 1. The summed E-state index contributed by atoms with van der Waals surface area (Å²) in [6.45, 7) is 3.47. The number of carbonyl (C=O) groups is 1. The molecule has 2 heterocycles. The SMILES string of the molecule is Cc1cc(F)c(Br)cc1NC(=O)N[C@@H](C)c1ncnn1-c1ncccn1. The maximum Gasteiger partial charge on any atom is 0.319 e. The van der Waals surface area contributed by atoms with Crippen LogP contribution in [0.5, 0.6) is 0 Å². The molecule has 0 unspecified atom stereocenters. The number of nitrogens with zero attached hydrogens (tertiary/aromatic N) is 5. The first-order valence-corrected chi connectivity index (χ1v) is 8.45. The molecule has 0 aliphatic rings. The number of aromatic nitrogens is 5. The lowest BCUT2D eigenvalue weighted by Gasteiger charge is -2.15. The van der Waals surface area contributed by atoms with Crippen molar-refractivity contribution in [3.8, 4) is 5.95 Å². The summed E-state index contributed by atoms with van der Waals surface area (Å²) in [5.74, 6) is 0.438. The molecule has 1 aromatic carbocycles. The molecular formula is C16H15BrFN7O. The summed E-state index contributed by atoms with van der Waals surface area (Å²) in [7, 11) is 0. The Morgan fingerprint density at radius 3 is 2.73 bits per heavy atom. The van der Waals surface area contributed by atoms with Crippen molar-refractivity contribution >= 4 is 27.6 Å². The monoisotopic (exact) mass is 419 g/mol. The molecule has 10 heteroatoms. The summed E-state index contributed by atoms with van der Waals surface area (Å²) in [6.07, 6.45) is 4.55. The van der Waals surface area contributed by atoms with Crippen LogP contribution in [0.4, 0.5) is 14.9 Å². The quantitative estimate of drug-likeness (QED) is 0.676. The molecule has 8 nitrogen and oxygen atoms in total. The Labute approximate surface area is 157 Å². The molecule has 1 atom stereocenters. The zero-order valence-corrected chi connectivity index (χ0v) is 15.5. The van der Waals surface area contributed by atoms with Gasteiger partial charge in [-0.3, -0.25) is 0 Å². The molecule has 0 spiro atoms. The van der Waals surface area contributed by atoms with Gasteiger partial charge in [-0.1, -0.05) is 0 Å². The van der Waals surface area contributed by atoms with E-state index in [1.165, 1.54) is 23.1 Å². The molecule has 26 heavy (non-hydrogen) atoms. The van der Waals surface area contributed by atoms with Gasteiger partial charge < -0.3 is 10.6 Å². The van der Waals surface area contributed by atoms with E-state index in [4.69, 9.17) is 0 Å². The maximum atomic E-state index is 13.5. The van der Waals surface area contributed by atoms with Gasteiger partial charge in [0.1, 0.15) is 12.1 Å². The van der Waals surface area contributed by atoms with Crippen LogP contribution in [0.1, 0.15) is 24.4 Å². The van der Waals surface area contributed by atoms with Crippen molar-refractivity contribution < 1.29 is 9.18 Å². The van der Waals surface area contributed by atoms with E-state index >= 15 is 0 Å². The first kappa shape index (κ1) is 17.9. The molecule has 3 rings (SSSR count). The lowest BCUT2D eigenvalue weighted by molar-refractivity contribution is 0.248. The van der Waals surface area contributed by atoms with Gasteiger partial charge in [-0.15, -0.1) is 0 Å². The highest BCUT2D eigenvalue weighted by molar-refractivity contribution is 9.10. The van der Waals surface area contributed by atoms with E-state index in [-0.39, 0.29) is 4.47 Å². The Bertz CT molecular complexity index is 932. The van der Waals surface area contributed by atoms with Crippen LogP contribution in [0, 0.1) is 12.7 Å². The van der Waals surface area contributed by atoms with Crippen LogP contribution in [-0.4, -0.2) is 30.8 Å². The summed E-state index contributed by atoms with van der Waals surface area (Å²) in [5, 5.41) is 9.55. The van der Waals surface area contributed by atoms with Gasteiger partial charge in [0.05, 0.1) is 10.5 Å². The molecule has 0 aliphatic carbocycles. The van der Waals surface area contributed by atoms with Crippen LogP contribution in [0.15, 0.2) is 41.4 Å². The van der Waals surface area contributed by atoms with E-state index in [1.54, 1.807) is 32.3 Å². The smallest absolute Gasteiger partial charge is 0.319 e. The normalized spacial score (nSPS) is 11.8. The van der Waals surface area contributed by atoms with Gasteiger partial charge in [-0.25, -0.2) is 24.1 Å². The van der Waals surface area contributed by atoms with E-state index in [2.05, 4.69) is 46.6 Å². The van der Waals surface area contributed by atoms with Crippen LogP contribution in [0.25, 0.3) is 5.95 Å². The summed E-state index contributed by atoms with van der Waals surface area (Å²) >= 11 is 3.11. The number of hydrogen-bond acceptors (Lipinski definition) is 5. The predicted molar refractivity (Wildman–Crippen MR) is 96.4 cm³/mol. The Morgan fingerprint density at radius 2 is 2.00 bits per heavy atom. The van der Waals surface area contributed by atoms with Crippen molar-refractivity contribution in [3.05, 3.63) is 58.6 Å². The molecule has 134 valence electrons. The van der Waals surface area contributed by atoms with Crippen LogP contribution < -0.4 is 10.6 Å². The van der Waals surface area contributed by atoms with Crippen molar-refractivity contribution in [2.45, 2.75) is 19.9 Å². The van der Waals surface area contributed by atoms with Crippen LogP contribution in [-0.2, 0) is 0 Å². The largest absolute Gasteiger partial charge is 0.328 e. The van der Waals surface area contributed by atoms with Gasteiger partial charge in [0.2, 0.25) is 0 Å². The van der Waals surface area contributed by atoms with E-state index in [0.29, 0.717) is 23.0 Å². The van der Waals surface area contributed by atoms with Crippen molar-refractivity contribution in [1.82, 2.24) is 30.0 Å². The molecule has 2 amide bonds.